The second-order valence-corrected chi connectivity index (χ2v) is 5.59. The van der Waals surface area contributed by atoms with E-state index in [4.69, 9.17) is 0 Å². The largest absolute Gasteiger partial charge is 0.345 e. The molecule has 2 rings (SSSR count). The Labute approximate surface area is 100 Å². The predicted molar refractivity (Wildman–Crippen MR) is 64.3 cm³/mol. The lowest BCUT2D eigenvalue weighted by molar-refractivity contribution is -0.134. The third-order valence-electron chi connectivity index (χ3n) is 3.19. The van der Waals surface area contributed by atoms with Crippen molar-refractivity contribution in [2.75, 3.05) is 18.1 Å². The van der Waals surface area contributed by atoms with Crippen LogP contribution in [0.1, 0.15) is 26.2 Å². The average Bonchev–Trinajstić information content (AvgIpc) is 2.41. The normalized spacial score (nSPS) is 32.2. The van der Waals surface area contributed by atoms with Crippen LogP contribution in [0.5, 0.6) is 0 Å². The maximum Gasteiger partial charge on any atom is 0.245 e. The molecule has 2 fully saturated rings. The molecule has 0 aliphatic carbocycles. The van der Waals surface area contributed by atoms with Crippen molar-refractivity contribution in [2.45, 2.75) is 38.3 Å². The second kappa shape index (κ2) is 5.08. The number of thioether (sulfide) groups is 1. The van der Waals surface area contributed by atoms with E-state index in [-0.39, 0.29) is 17.9 Å². The Kier molecular flexibility index (Phi) is 3.74. The summed E-state index contributed by atoms with van der Waals surface area (Å²) in [5, 5.41) is 2.72. The maximum atomic E-state index is 12.1. The standard InChI is InChI=1S/C11H18N2O2S/c1-8-11(15)13(5-4-10(14)12-8)9-3-2-6-16-7-9/h8-9H,2-7H2,1H3,(H,12,14). The van der Waals surface area contributed by atoms with Gasteiger partial charge in [-0.15, -0.1) is 0 Å². The zero-order valence-corrected chi connectivity index (χ0v) is 10.4. The summed E-state index contributed by atoms with van der Waals surface area (Å²) in [7, 11) is 0. The summed E-state index contributed by atoms with van der Waals surface area (Å²) < 4.78 is 0. The van der Waals surface area contributed by atoms with Gasteiger partial charge in [-0.2, -0.15) is 11.8 Å². The van der Waals surface area contributed by atoms with Crippen LogP contribution in [-0.2, 0) is 9.59 Å². The van der Waals surface area contributed by atoms with Crippen LogP contribution in [0.25, 0.3) is 0 Å². The molecule has 2 saturated heterocycles. The van der Waals surface area contributed by atoms with Crippen molar-refractivity contribution in [1.82, 2.24) is 10.2 Å². The van der Waals surface area contributed by atoms with Crippen LogP contribution in [-0.4, -0.2) is 46.8 Å². The van der Waals surface area contributed by atoms with Crippen LogP contribution in [0.4, 0.5) is 0 Å². The summed E-state index contributed by atoms with van der Waals surface area (Å²) in [5.41, 5.74) is 0. The number of nitrogens with one attached hydrogen (secondary N) is 1. The van der Waals surface area contributed by atoms with E-state index in [9.17, 15) is 9.59 Å². The zero-order chi connectivity index (χ0) is 11.5. The van der Waals surface area contributed by atoms with Gasteiger partial charge in [0.1, 0.15) is 6.04 Å². The maximum absolute atomic E-state index is 12.1. The van der Waals surface area contributed by atoms with Crippen molar-refractivity contribution in [2.24, 2.45) is 0 Å². The lowest BCUT2D eigenvalue weighted by Crippen LogP contribution is -2.48. The topological polar surface area (TPSA) is 49.4 Å². The smallest absolute Gasteiger partial charge is 0.245 e. The van der Waals surface area contributed by atoms with E-state index < -0.39 is 0 Å². The summed E-state index contributed by atoms with van der Waals surface area (Å²) in [5.74, 6) is 2.29. The van der Waals surface area contributed by atoms with Crippen molar-refractivity contribution in [3.63, 3.8) is 0 Å². The van der Waals surface area contributed by atoms with Gasteiger partial charge < -0.3 is 10.2 Å². The number of carbonyl (C=O) groups excluding carboxylic acids is 2. The number of hydrogen-bond acceptors (Lipinski definition) is 3. The molecule has 0 saturated carbocycles. The minimum Gasteiger partial charge on any atom is -0.345 e. The first-order chi connectivity index (χ1) is 7.68. The molecule has 90 valence electrons. The average molecular weight is 242 g/mol. The van der Waals surface area contributed by atoms with Gasteiger partial charge in [-0.25, -0.2) is 0 Å². The Bertz CT molecular complexity index is 290. The molecule has 2 atom stereocenters. The minimum atomic E-state index is -0.359. The third-order valence-corrected chi connectivity index (χ3v) is 4.39. The fraction of sp³-hybridized carbons (Fsp3) is 0.818. The van der Waals surface area contributed by atoms with Gasteiger partial charge in [0.2, 0.25) is 11.8 Å². The fourth-order valence-corrected chi connectivity index (χ4v) is 3.44. The van der Waals surface area contributed by atoms with E-state index in [1.807, 2.05) is 16.7 Å². The Morgan fingerprint density at radius 1 is 1.44 bits per heavy atom. The number of amides is 2. The summed E-state index contributed by atoms with van der Waals surface area (Å²) in [4.78, 5) is 25.4. The lowest BCUT2D eigenvalue weighted by atomic mass is 10.1. The highest BCUT2D eigenvalue weighted by molar-refractivity contribution is 7.99. The van der Waals surface area contributed by atoms with Crippen LogP contribution in [0.2, 0.25) is 0 Å². The zero-order valence-electron chi connectivity index (χ0n) is 9.57. The van der Waals surface area contributed by atoms with E-state index in [0.29, 0.717) is 19.0 Å². The quantitative estimate of drug-likeness (QED) is 0.733. The number of nitrogens with zero attached hydrogens (tertiary/aromatic N) is 1. The van der Waals surface area contributed by atoms with Crippen molar-refractivity contribution in [3.8, 4) is 0 Å². The molecule has 0 spiro atoms. The van der Waals surface area contributed by atoms with Crippen molar-refractivity contribution in [3.05, 3.63) is 0 Å². The van der Waals surface area contributed by atoms with Gasteiger partial charge in [-0.05, 0) is 25.5 Å². The Hall–Kier alpha value is -0.710. The van der Waals surface area contributed by atoms with Gasteiger partial charge >= 0.3 is 0 Å². The van der Waals surface area contributed by atoms with Gasteiger partial charge in [-0.1, -0.05) is 0 Å². The van der Waals surface area contributed by atoms with Gasteiger partial charge in [0, 0.05) is 24.8 Å². The minimum absolute atomic E-state index is 0.00758. The molecule has 2 aliphatic heterocycles. The monoisotopic (exact) mass is 242 g/mol. The van der Waals surface area contributed by atoms with Crippen molar-refractivity contribution in [1.29, 1.82) is 0 Å². The molecule has 2 amide bonds. The number of hydrogen-bond donors (Lipinski definition) is 1. The first-order valence-corrected chi connectivity index (χ1v) is 7.01. The molecule has 4 nitrogen and oxygen atoms in total. The van der Waals surface area contributed by atoms with Crippen LogP contribution < -0.4 is 5.32 Å². The molecule has 0 bridgehead atoms. The van der Waals surface area contributed by atoms with Gasteiger partial charge in [0.25, 0.3) is 0 Å². The highest BCUT2D eigenvalue weighted by Gasteiger charge is 2.32. The van der Waals surface area contributed by atoms with E-state index in [1.54, 1.807) is 6.92 Å². The first-order valence-electron chi connectivity index (χ1n) is 5.86. The van der Waals surface area contributed by atoms with Crippen LogP contribution in [0.15, 0.2) is 0 Å². The van der Waals surface area contributed by atoms with Gasteiger partial charge in [-0.3, -0.25) is 9.59 Å². The molecule has 2 heterocycles. The Balaban J connectivity index is 2.06. The summed E-state index contributed by atoms with van der Waals surface area (Å²) >= 11 is 1.91. The van der Waals surface area contributed by atoms with Crippen LogP contribution in [0, 0.1) is 0 Å². The van der Waals surface area contributed by atoms with Crippen LogP contribution in [0.3, 0.4) is 0 Å². The number of rotatable bonds is 1. The SMILES string of the molecule is CC1NC(=O)CCN(C2CCCSC2)C1=O. The third kappa shape index (κ3) is 2.51. The Morgan fingerprint density at radius 2 is 2.25 bits per heavy atom. The van der Waals surface area contributed by atoms with Crippen LogP contribution >= 0.6 is 11.8 Å². The molecule has 0 radical (unpaired) electrons. The molecule has 5 heteroatoms. The second-order valence-electron chi connectivity index (χ2n) is 4.44. The lowest BCUT2D eigenvalue weighted by Gasteiger charge is -2.33. The number of carbonyl (C=O) groups is 2. The molecule has 0 aromatic carbocycles. The fourth-order valence-electron chi connectivity index (χ4n) is 2.29. The molecule has 0 aromatic heterocycles. The van der Waals surface area contributed by atoms with E-state index in [1.165, 1.54) is 12.2 Å². The summed E-state index contributed by atoms with van der Waals surface area (Å²) in [6, 6.07) is -0.0247. The summed E-state index contributed by atoms with van der Waals surface area (Å²) in [6.45, 7) is 2.36. The van der Waals surface area contributed by atoms with E-state index in [2.05, 4.69) is 5.32 Å². The molecule has 1 N–H and O–H groups in total. The molecule has 2 aliphatic rings. The van der Waals surface area contributed by atoms with Crippen molar-refractivity contribution < 1.29 is 9.59 Å². The highest BCUT2D eigenvalue weighted by atomic mass is 32.2. The van der Waals surface area contributed by atoms with Crippen molar-refractivity contribution >= 4 is 23.6 Å². The molecular formula is C11H18N2O2S. The van der Waals surface area contributed by atoms with Gasteiger partial charge in [0.05, 0.1) is 0 Å². The molecule has 0 aromatic rings. The highest BCUT2D eigenvalue weighted by Crippen LogP contribution is 2.23. The van der Waals surface area contributed by atoms with E-state index >= 15 is 0 Å². The Morgan fingerprint density at radius 3 is 2.94 bits per heavy atom. The summed E-state index contributed by atoms with van der Waals surface area (Å²) in [6.07, 6.45) is 2.70. The van der Waals surface area contributed by atoms with E-state index in [0.717, 1.165) is 12.2 Å². The molecular weight excluding hydrogens is 224 g/mol. The molecule has 2 unspecified atom stereocenters. The predicted octanol–water partition coefficient (Wildman–Crippen LogP) is 0.619. The van der Waals surface area contributed by atoms with Gasteiger partial charge in [0.15, 0.2) is 0 Å². The first kappa shape index (κ1) is 11.8. The molecule has 16 heavy (non-hydrogen) atoms.